The largest absolute Gasteiger partial charge is 0.478 e. The molecule has 20 heavy (non-hydrogen) atoms. The fourth-order valence-electron chi connectivity index (χ4n) is 2.20. The number of benzene rings is 1. The van der Waals surface area contributed by atoms with E-state index in [4.69, 9.17) is 15.2 Å². The second-order valence-electron chi connectivity index (χ2n) is 5.25. The molecule has 0 aliphatic carbocycles. The van der Waals surface area contributed by atoms with Crippen LogP contribution in [0, 0.1) is 13.8 Å². The van der Waals surface area contributed by atoms with E-state index in [0.29, 0.717) is 6.61 Å². The molecule has 2 N–H and O–H groups in total. The molecule has 112 valence electrons. The third-order valence-electron chi connectivity index (χ3n) is 2.99. The number of nitrogens with two attached hydrogens (primary N) is 1. The minimum Gasteiger partial charge on any atom is -0.478 e. The number of carbonyl (C=O) groups is 1. The van der Waals surface area contributed by atoms with Gasteiger partial charge in [-0.05, 0) is 57.7 Å². The third kappa shape index (κ3) is 4.53. The Bertz CT molecular complexity index is 446. The Morgan fingerprint density at radius 1 is 1.25 bits per heavy atom. The minimum absolute atomic E-state index is 0.124. The van der Waals surface area contributed by atoms with Crippen LogP contribution in [0.2, 0.25) is 0 Å². The predicted octanol–water partition coefficient (Wildman–Crippen LogP) is 2.52. The van der Waals surface area contributed by atoms with Gasteiger partial charge in [-0.1, -0.05) is 12.1 Å². The zero-order chi connectivity index (χ0) is 15.3. The SMILES string of the molecule is CCOC(=O)C(C)Oc1c(C)cc(CC(C)N)cc1C. The van der Waals surface area contributed by atoms with Crippen LogP contribution in [0.4, 0.5) is 0 Å². The molecule has 1 aromatic rings. The molecule has 0 spiro atoms. The van der Waals surface area contributed by atoms with Crippen molar-refractivity contribution >= 4 is 5.97 Å². The summed E-state index contributed by atoms with van der Waals surface area (Å²) in [5.74, 6) is 0.407. The maximum absolute atomic E-state index is 11.6. The summed E-state index contributed by atoms with van der Waals surface area (Å²) in [5.41, 5.74) is 9.03. The summed E-state index contributed by atoms with van der Waals surface area (Å²) in [4.78, 5) is 11.6. The molecule has 0 saturated carbocycles. The highest BCUT2D eigenvalue weighted by Crippen LogP contribution is 2.26. The summed E-state index contributed by atoms with van der Waals surface area (Å²) in [7, 11) is 0. The van der Waals surface area contributed by atoms with Gasteiger partial charge in [0.25, 0.3) is 0 Å². The van der Waals surface area contributed by atoms with Gasteiger partial charge in [0.1, 0.15) is 5.75 Å². The molecule has 4 nitrogen and oxygen atoms in total. The first kappa shape index (κ1) is 16.5. The molecule has 0 bridgehead atoms. The van der Waals surface area contributed by atoms with Gasteiger partial charge < -0.3 is 15.2 Å². The van der Waals surface area contributed by atoms with E-state index in [2.05, 4.69) is 12.1 Å². The van der Waals surface area contributed by atoms with E-state index in [1.54, 1.807) is 13.8 Å². The van der Waals surface area contributed by atoms with Crippen molar-refractivity contribution < 1.29 is 14.3 Å². The molecule has 1 rings (SSSR count). The lowest BCUT2D eigenvalue weighted by molar-refractivity contribution is -0.150. The average molecular weight is 279 g/mol. The third-order valence-corrected chi connectivity index (χ3v) is 2.99. The van der Waals surface area contributed by atoms with Crippen molar-refractivity contribution in [2.45, 2.75) is 53.2 Å². The van der Waals surface area contributed by atoms with E-state index in [0.717, 1.165) is 23.3 Å². The number of hydrogen-bond donors (Lipinski definition) is 1. The molecule has 0 aromatic heterocycles. The molecule has 0 aliphatic heterocycles. The molecule has 1 aromatic carbocycles. The Hall–Kier alpha value is -1.55. The van der Waals surface area contributed by atoms with Crippen LogP contribution in [0.5, 0.6) is 5.75 Å². The summed E-state index contributed by atoms with van der Waals surface area (Å²) >= 11 is 0. The minimum atomic E-state index is -0.605. The maximum Gasteiger partial charge on any atom is 0.347 e. The highest BCUT2D eigenvalue weighted by atomic mass is 16.6. The average Bonchev–Trinajstić information content (AvgIpc) is 2.33. The highest BCUT2D eigenvalue weighted by Gasteiger charge is 2.18. The molecule has 0 aliphatic rings. The summed E-state index contributed by atoms with van der Waals surface area (Å²) < 4.78 is 10.7. The summed E-state index contributed by atoms with van der Waals surface area (Å²) in [6.45, 7) is 9.78. The molecule has 0 heterocycles. The predicted molar refractivity (Wildman–Crippen MR) is 80.0 cm³/mol. The Labute approximate surface area is 121 Å². The number of rotatable bonds is 6. The van der Waals surface area contributed by atoms with Crippen LogP contribution in [-0.2, 0) is 16.0 Å². The maximum atomic E-state index is 11.6. The zero-order valence-electron chi connectivity index (χ0n) is 13.0. The van der Waals surface area contributed by atoms with Crippen molar-refractivity contribution in [2.24, 2.45) is 5.73 Å². The van der Waals surface area contributed by atoms with Crippen molar-refractivity contribution in [3.05, 3.63) is 28.8 Å². The Morgan fingerprint density at radius 2 is 1.80 bits per heavy atom. The number of esters is 1. The van der Waals surface area contributed by atoms with Crippen LogP contribution in [0.1, 0.15) is 37.5 Å². The summed E-state index contributed by atoms with van der Waals surface area (Å²) in [5, 5.41) is 0. The van der Waals surface area contributed by atoms with Gasteiger partial charge >= 0.3 is 5.97 Å². The molecule has 0 amide bonds. The number of hydrogen-bond acceptors (Lipinski definition) is 4. The van der Waals surface area contributed by atoms with Crippen LogP contribution in [0.15, 0.2) is 12.1 Å². The van der Waals surface area contributed by atoms with E-state index in [9.17, 15) is 4.79 Å². The van der Waals surface area contributed by atoms with Gasteiger partial charge in [0.05, 0.1) is 6.61 Å². The van der Waals surface area contributed by atoms with Crippen LogP contribution in [0.3, 0.4) is 0 Å². The van der Waals surface area contributed by atoms with Crippen molar-refractivity contribution in [1.29, 1.82) is 0 Å². The molecule has 4 heteroatoms. The molecule has 0 fully saturated rings. The fourth-order valence-corrected chi connectivity index (χ4v) is 2.20. The first-order chi connectivity index (χ1) is 9.35. The van der Waals surface area contributed by atoms with Gasteiger partial charge in [-0.2, -0.15) is 0 Å². The van der Waals surface area contributed by atoms with Crippen LogP contribution < -0.4 is 10.5 Å². The van der Waals surface area contributed by atoms with Gasteiger partial charge in [0, 0.05) is 6.04 Å². The van der Waals surface area contributed by atoms with Gasteiger partial charge in [0.2, 0.25) is 0 Å². The Morgan fingerprint density at radius 3 is 2.25 bits per heavy atom. The summed E-state index contributed by atoms with van der Waals surface area (Å²) in [6, 6.07) is 4.24. The van der Waals surface area contributed by atoms with Crippen molar-refractivity contribution in [2.75, 3.05) is 6.61 Å². The number of aryl methyl sites for hydroxylation is 2. The van der Waals surface area contributed by atoms with Crippen molar-refractivity contribution in [3.63, 3.8) is 0 Å². The van der Waals surface area contributed by atoms with Crippen molar-refractivity contribution in [1.82, 2.24) is 0 Å². The lowest BCUT2D eigenvalue weighted by Gasteiger charge is -2.18. The van der Waals surface area contributed by atoms with Gasteiger partial charge in [-0.25, -0.2) is 4.79 Å². The second kappa shape index (κ2) is 7.29. The molecular formula is C16H25NO3. The molecule has 0 saturated heterocycles. The van der Waals surface area contributed by atoms with Crippen LogP contribution >= 0.6 is 0 Å². The first-order valence-electron chi connectivity index (χ1n) is 7.04. The van der Waals surface area contributed by atoms with E-state index in [1.807, 2.05) is 20.8 Å². The molecule has 2 unspecified atom stereocenters. The molecule has 0 radical (unpaired) electrons. The Balaban J connectivity index is 2.88. The second-order valence-corrected chi connectivity index (χ2v) is 5.25. The lowest BCUT2D eigenvalue weighted by atomic mass is 10.0. The van der Waals surface area contributed by atoms with E-state index >= 15 is 0 Å². The number of carbonyl (C=O) groups excluding carboxylic acids is 1. The normalized spacial score (nSPS) is 13.7. The first-order valence-corrected chi connectivity index (χ1v) is 7.04. The van der Waals surface area contributed by atoms with Crippen LogP contribution in [-0.4, -0.2) is 24.7 Å². The highest BCUT2D eigenvalue weighted by molar-refractivity contribution is 5.74. The standard InChI is InChI=1S/C16H25NO3/c1-6-19-16(18)13(5)20-15-10(2)7-14(8-11(15)3)9-12(4)17/h7-8,12-13H,6,9,17H2,1-5H3. The smallest absolute Gasteiger partial charge is 0.347 e. The fraction of sp³-hybridized carbons (Fsp3) is 0.562. The van der Waals surface area contributed by atoms with Gasteiger partial charge in [-0.3, -0.25) is 0 Å². The monoisotopic (exact) mass is 279 g/mol. The summed E-state index contributed by atoms with van der Waals surface area (Å²) in [6.07, 6.45) is 0.224. The van der Waals surface area contributed by atoms with E-state index < -0.39 is 6.10 Å². The van der Waals surface area contributed by atoms with Gasteiger partial charge in [-0.15, -0.1) is 0 Å². The Kier molecular flexibility index (Phi) is 6.02. The van der Waals surface area contributed by atoms with Crippen molar-refractivity contribution in [3.8, 4) is 5.75 Å². The van der Waals surface area contributed by atoms with E-state index in [1.165, 1.54) is 5.56 Å². The lowest BCUT2D eigenvalue weighted by Crippen LogP contribution is -2.26. The topological polar surface area (TPSA) is 61.5 Å². The van der Waals surface area contributed by atoms with Gasteiger partial charge in [0.15, 0.2) is 6.10 Å². The van der Waals surface area contributed by atoms with E-state index in [-0.39, 0.29) is 12.0 Å². The molecule has 2 atom stereocenters. The number of ether oxygens (including phenoxy) is 2. The quantitative estimate of drug-likeness (QED) is 0.813. The zero-order valence-corrected chi connectivity index (χ0v) is 13.0. The van der Waals surface area contributed by atoms with Crippen LogP contribution in [0.25, 0.3) is 0 Å². The molecular weight excluding hydrogens is 254 g/mol.